The molecule has 0 aromatic carbocycles. The van der Waals surface area contributed by atoms with Crippen LogP contribution in [-0.4, -0.2) is 98.7 Å². The lowest BCUT2D eigenvalue weighted by Gasteiger charge is -2.17. The van der Waals surface area contributed by atoms with Gasteiger partial charge in [-0.15, -0.1) is 0 Å². The summed E-state index contributed by atoms with van der Waals surface area (Å²) >= 11 is 0. The molecule has 3 unspecified atom stereocenters. The fourth-order valence-corrected chi connectivity index (χ4v) is 8.55. The van der Waals surface area contributed by atoms with Crippen molar-refractivity contribution in [2.75, 3.05) is 12.3 Å². The molecule has 1 aliphatic rings. The molecule has 29 nitrogen and oxygen atoms in total. The summed E-state index contributed by atoms with van der Waals surface area (Å²) in [5, 5.41) is 20.3. The van der Waals surface area contributed by atoms with Crippen LogP contribution in [0, 0.1) is 0 Å². The Morgan fingerprint density at radius 1 is 0.800 bits per heavy atom. The van der Waals surface area contributed by atoms with E-state index in [4.69, 9.17) is 49.6 Å². The molecule has 45 heavy (non-hydrogen) atoms. The lowest BCUT2D eigenvalue weighted by molar-refractivity contribution is -0.0503. The maximum atomic E-state index is 11.8. The topological polar surface area (TPSA) is 470 Å². The van der Waals surface area contributed by atoms with E-state index < -0.39 is 83.6 Å². The van der Waals surface area contributed by atoms with E-state index in [1.807, 2.05) is 0 Å². The number of hydrogen-bond donors (Lipinski definition) is 13. The van der Waals surface area contributed by atoms with Crippen LogP contribution in [0.4, 0.5) is 5.95 Å². The summed E-state index contributed by atoms with van der Waals surface area (Å²) < 4.78 is 87.5. The van der Waals surface area contributed by atoms with Gasteiger partial charge in [-0.25, -0.2) is 32.4 Å². The lowest BCUT2D eigenvalue weighted by Crippen LogP contribution is -2.33. The van der Waals surface area contributed by atoms with Crippen molar-refractivity contribution in [2.45, 2.75) is 24.5 Å². The highest BCUT2D eigenvalue weighted by Gasteiger charge is 2.46. The molecule has 3 heterocycles. The average Bonchev–Trinajstić information content (AvgIpc) is 3.28. The number of imidazole rings is 1. The van der Waals surface area contributed by atoms with Crippen molar-refractivity contribution >= 4 is 64.0 Å². The lowest BCUT2D eigenvalue weighted by atomic mass is 10.1. The van der Waals surface area contributed by atoms with E-state index in [1.54, 1.807) is 0 Å². The number of anilines is 1. The number of hydrogen-bond acceptors (Lipinski definition) is 18. The fraction of sp³-hybridized carbons (Fsp3) is 0.500. The Bertz CT molecular complexity index is 1680. The zero-order valence-electron chi connectivity index (χ0n) is 20.9. The molecule has 0 spiro atoms. The Morgan fingerprint density at radius 3 is 1.73 bits per heavy atom. The average molecular weight is 781 g/mol. The van der Waals surface area contributed by atoms with Crippen molar-refractivity contribution in [3.8, 4) is 0 Å². The molecule has 260 valence electrons. The smallest absolute Gasteiger partial charge is 0.387 e. The third-order valence-electron chi connectivity index (χ3n) is 4.30. The molecular weight excluding hydrogens is 760 g/mol. The van der Waals surface area contributed by atoms with Crippen molar-refractivity contribution in [2.24, 2.45) is 0 Å². The molecule has 0 bridgehead atoms. The molecule has 1 aliphatic heterocycles. The number of ether oxygens (including phenoxy) is 1. The number of nitrogens with zero attached hydrogens (tertiary/aromatic N) is 3. The first-order chi connectivity index (χ1) is 20.0. The number of aromatic nitrogens is 4. The van der Waals surface area contributed by atoms with Crippen LogP contribution >= 0.6 is 46.9 Å². The summed E-state index contributed by atoms with van der Waals surface area (Å²) in [5.41, 5.74) is 4.65. The van der Waals surface area contributed by atoms with Gasteiger partial charge in [-0.1, -0.05) is 0 Å². The first-order valence-corrected chi connectivity index (χ1v) is 19.5. The van der Waals surface area contributed by atoms with E-state index in [0.29, 0.717) is 0 Å². The second-order valence-corrected chi connectivity index (χ2v) is 16.4. The normalized spacial score (nSPS) is 25.1. The van der Waals surface area contributed by atoms with Crippen LogP contribution in [0.3, 0.4) is 0 Å². The standard InChI is InChI=1S/C10H15N5O11P2.H6O13P4/c11-10-13-7-4(8(18)14-10)12-2-15(7)9-6(17)5(16)3(25-9)1-24-28(22,23)26-27(19,20)21;1-14(2,3)11-16(7,8)13-17(9,10)12-15(4,5)6/h2-3,5-6,9,16-17H,1H2,(H,22,23)(H2,19,20,21)(H3,11,13,14,18);(H,7,8)(H,9,10)(H2,1,2,3)(H2,4,5,6)/t3-,5-,6-,9-;/m1./s1. The Labute approximate surface area is 245 Å². The molecule has 2 aromatic heterocycles. The quantitative estimate of drug-likeness (QED) is 0.0952. The van der Waals surface area contributed by atoms with E-state index in [1.165, 1.54) is 0 Å². The number of aromatic amines is 1. The van der Waals surface area contributed by atoms with Crippen LogP contribution in [0.2, 0.25) is 0 Å². The zero-order chi connectivity index (χ0) is 35.0. The molecule has 1 saturated heterocycles. The van der Waals surface area contributed by atoms with Gasteiger partial charge in [0.15, 0.2) is 17.4 Å². The number of aliphatic hydroxyl groups excluding tert-OH is 2. The predicted octanol–water partition coefficient (Wildman–Crippen LogP) is -3.03. The minimum absolute atomic E-state index is 0.0586. The maximum Gasteiger partial charge on any atom is 0.490 e. The van der Waals surface area contributed by atoms with Crippen molar-refractivity contribution in [3.05, 3.63) is 16.7 Å². The number of rotatable bonds is 12. The van der Waals surface area contributed by atoms with Crippen LogP contribution in [0.1, 0.15) is 6.23 Å². The molecule has 3 rings (SSSR count). The SMILES string of the molecule is Nc1nc2c(ncn2[C@@H]2O[C@H](COP(=O)(O)OP(=O)(O)O)[C@@H](O)[C@H]2O)c(=O)[nH]1.O=P(O)(O)OP(=O)(O)OP(=O)(O)OP(=O)(O)O. The maximum absolute atomic E-state index is 11.8. The molecule has 35 heteroatoms. The van der Waals surface area contributed by atoms with Crippen molar-refractivity contribution in [3.63, 3.8) is 0 Å². The van der Waals surface area contributed by atoms with Gasteiger partial charge in [-0.3, -0.25) is 18.9 Å². The zero-order valence-corrected chi connectivity index (χ0v) is 26.3. The van der Waals surface area contributed by atoms with Gasteiger partial charge in [0.05, 0.1) is 12.9 Å². The molecule has 1 fully saturated rings. The summed E-state index contributed by atoms with van der Waals surface area (Å²) in [6.45, 7) is -0.870. The van der Waals surface area contributed by atoms with Gasteiger partial charge in [0.25, 0.3) is 5.56 Å². The van der Waals surface area contributed by atoms with Crippen LogP contribution in [0.25, 0.3) is 11.2 Å². The molecule has 0 aliphatic carbocycles. The van der Waals surface area contributed by atoms with Gasteiger partial charge >= 0.3 is 46.9 Å². The predicted molar refractivity (Wildman–Crippen MR) is 134 cm³/mol. The number of H-pyrrole nitrogens is 1. The largest absolute Gasteiger partial charge is 0.490 e. The number of nitrogens with one attached hydrogen (secondary N) is 1. The molecule has 0 amide bonds. The number of nitrogen functional groups attached to an aromatic ring is 1. The van der Waals surface area contributed by atoms with Crippen LogP contribution < -0.4 is 11.3 Å². The van der Waals surface area contributed by atoms with E-state index in [9.17, 15) is 47.3 Å². The van der Waals surface area contributed by atoms with Gasteiger partial charge in [-0.05, 0) is 0 Å². The molecule has 0 saturated carbocycles. The first-order valence-electron chi connectivity index (χ1n) is 10.4. The highest BCUT2D eigenvalue weighted by atomic mass is 31.3. The minimum Gasteiger partial charge on any atom is -0.387 e. The van der Waals surface area contributed by atoms with Crippen LogP contribution in [0.15, 0.2) is 11.1 Å². The van der Waals surface area contributed by atoms with Crippen molar-refractivity contribution < 1.29 is 108 Å². The second-order valence-electron chi connectivity index (χ2n) is 7.82. The molecule has 7 atom stereocenters. The highest BCUT2D eigenvalue weighted by molar-refractivity contribution is 7.69. The number of nitrogens with two attached hydrogens (primary N) is 1. The number of aliphatic hydroxyl groups is 2. The van der Waals surface area contributed by atoms with Crippen molar-refractivity contribution in [1.29, 1.82) is 0 Å². The van der Waals surface area contributed by atoms with Gasteiger partial charge in [-0.2, -0.15) is 22.2 Å². The van der Waals surface area contributed by atoms with Crippen LogP contribution in [0.5, 0.6) is 0 Å². The minimum atomic E-state index is -5.77. The van der Waals surface area contributed by atoms with E-state index in [0.717, 1.165) is 10.9 Å². The summed E-state index contributed by atoms with van der Waals surface area (Å²) in [4.78, 5) is 97.5. The highest BCUT2D eigenvalue weighted by Crippen LogP contribution is 2.69. The van der Waals surface area contributed by atoms with Gasteiger partial charge in [0, 0.05) is 0 Å². The molecule has 14 N–H and O–H groups in total. The van der Waals surface area contributed by atoms with Gasteiger partial charge in [0.1, 0.15) is 18.3 Å². The molecule has 0 radical (unpaired) electrons. The Kier molecular flexibility index (Phi) is 12.6. The summed E-state index contributed by atoms with van der Waals surface area (Å²) in [7, 11) is -33.1. The van der Waals surface area contributed by atoms with Crippen LogP contribution in [-0.2, 0) is 53.9 Å². The summed E-state index contributed by atoms with van der Waals surface area (Å²) in [6.07, 6.45) is -4.88. The first kappa shape index (κ1) is 40.0. The summed E-state index contributed by atoms with van der Waals surface area (Å²) in [5.74, 6) is -0.233. The summed E-state index contributed by atoms with van der Waals surface area (Å²) in [6, 6.07) is 0. The third kappa shape index (κ3) is 13.1. The molecular formula is C10H21N5O24P6. The van der Waals surface area contributed by atoms with E-state index in [-0.39, 0.29) is 17.1 Å². The second kappa shape index (κ2) is 14.1. The fourth-order valence-electron chi connectivity index (χ4n) is 2.98. The Morgan fingerprint density at radius 2 is 1.27 bits per heavy atom. The molecule has 2 aromatic rings. The third-order valence-corrected chi connectivity index (χ3v) is 11.5. The van der Waals surface area contributed by atoms with Crippen molar-refractivity contribution in [1.82, 2.24) is 19.5 Å². The van der Waals surface area contributed by atoms with Gasteiger partial charge < -0.3 is 64.7 Å². The van der Waals surface area contributed by atoms with E-state index >= 15 is 0 Å². The van der Waals surface area contributed by atoms with E-state index in [2.05, 4.69) is 36.7 Å². The number of phosphoric acid groups is 6. The monoisotopic (exact) mass is 781 g/mol. The Balaban J connectivity index is 0.000000358. The Hall–Kier alpha value is -1.15. The number of fused-ring (bicyclic) bond motifs is 1. The van der Waals surface area contributed by atoms with Gasteiger partial charge in [0.2, 0.25) is 5.95 Å². The number of phosphoric ester groups is 1.